The zero-order valence-corrected chi connectivity index (χ0v) is 11.7. The van der Waals surface area contributed by atoms with Gasteiger partial charge in [-0.3, -0.25) is 0 Å². The maximum absolute atomic E-state index is 4.40. The number of nitrogens with zero attached hydrogens (tertiary/aromatic N) is 2. The second-order valence-corrected chi connectivity index (χ2v) is 5.25. The molecule has 0 radical (unpaired) electrons. The maximum atomic E-state index is 4.40. The van der Waals surface area contributed by atoms with E-state index < -0.39 is 0 Å². The van der Waals surface area contributed by atoms with Gasteiger partial charge in [-0.2, -0.15) is 0 Å². The van der Waals surface area contributed by atoms with Crippen LogP contribution in [0.5, 0.6) is 0 Å². The molecular weight excluding hydrogens is 224 g/mol. The first-order valence-corrected chi connectivity index (χ1v) is 7.08. The minimum absolute atomic E-state index is 0.597. The van der Waals surface area contributed by atoms with E-state index >= 15 is 0 Å². The summed E-state index contributed by atoms with van der Waals surface area (Å²) in [6, 6.07) is 0.597. The fourth-order valence-electron chi connectivity index (χ4n) is 2.48. The fourth-order valence-corrected chi connectivity index (χ4v) is 2.48. The maximum Gasteiger partial charge on any atom is 0.134 e. The average Bonchev–Trinajstić information content (AvgIpc) is 2.34. The van der Waals surface area contributed by atoms with Crippen molar-refractivity contribution in [2.24, 2.45) is 5.92 Å². The summed E-state index contributed by atoms with van der Waals surface area (Å²) >= 11 is 0. The highest BCUT2D eigenvalue weighted by Gasteiger charge is 2.26. The van der Waals surface area contributed by atoms with E-state index in [1.54, 1.807) is 6.33 Å². The predicted molar refractivity (Wildman–Crippen MR) is 76.0 cm³/mol. The van der Waals surface area contributed by atoms with Crippen LogP contribution in [0.2, 0.25) is 0 Å². The zero-order valence-electron chi connectivity index (χ0n) is 11.7. The minimum atomic E-state index is 0.597. The minimum Gasteiger partial charge on any atom is -0.370 e. The van der Waals surface area contributed by atoms with E-state index in [9.17, 15) is 0 Å². The molecule has 0 aliphatic heterocycles. The second-order valence-electron chi connectivity index (χ2n) is 5.25. The van der Waals surface area contributed by atoms with E-state index in [0.29, 0.717) is 6.04 Å². The van der Waals surface area contributed by atoms with Gasteiger partial charge in [-0.25, -0.2) is 9.97 Å². The molecule has 0 bridgehead atoms. The summed E-state index contributed by atoms with van der Waals surface area (Å²) in [5.41, 5.74) is 1.21. The highest BCUT2D eigenvalue weighted by atomic mass is 15.1. The molecule has 100 valence electrons. The molecule has 4 heteroatoms. The highest BCUT2D eigenvalue weighted by molar-refractivity contribution is 5.57. The number of hydrogen-bond acceptors (Lipinski definition) is 4. The SMILES string of the molecule is CCCNc1ncnc(NC2CC(C)C2)c1CC. The molecule has 0 saturated heterocycles. The Balaban J connectivity index is 2.08. The average molecular weight is 248 g/mol. The summed E-state index contributed by atoms with van der Waals surface area (Å²) in [6.45, 7) is 7.58. The van der Waals surface area contributed by atoms with Crippen LogP contribution < -0.4 is 10.6 Å². The molecule has 1 saturated carbocycles. The Bertz CT molecular complexity index is 385. The van der Waals surface area contributed by atoms with Crippen molar-refractivity contribution in [3.63, 3.8) is 0 Å². The number of anilines is 2. The van der Waals surface area contributed by atoms with Crippen molar-refractivity contribution in [2.75, 3.05) is 17.2 Å². The number of hydrogen-bond donors (Lipinski definition) is 2. The molecule has 2 rings (SSSR count). The molecule has 1 fully saturated rings. The Morgan fingerprint density at radius 3 is 2.56 bits per heavy atom. The molecule has 0 spiro atoms. The Morgan fingerprint density at radius 2 is 1.94 bits per heavy atom. The molecular formula is C14H24N4. The molecule has 1 aliphatic carbocycles. The summed E-state index contributed by atoms with van der Waals surface area (Å²) < 4.78 is 0. The Kier molecular flexibility index (Phi) is 4.39. The monoisotopic (exact) mass is 248 g/mol. The first kappa shape index (κ1) is 13.1. The first-order valence-electron chi connectivity index (χ1n) is 7.08. The van der Waals surface area contributed by atoms with Crippen LogP contribution in [-0.2, 0) is 6.42 Å². The highest BCUT2D eigenvalue weighted by Crippen LogP contribution is 2.31. The van der Waals surface area contributed by atoms with Crippen LogP contribution in [0.3, 0.4) is 0 Å². The summed E-state index contributed by atoms with van der Waals surface area (Å²) in [7, 11) is 0. The molecule has 0 atom stereocenters. The molecule has 1 aromatic heterocycles. The van der Waals surface area contributed by atoms with Crippen LogP contribution in [0.4, 0.5) is 11.6 Å². The lowest BCUT2D eigenvalue weighted by Gasteiger charge is -2.34. The van der Waals surface area contributed by atoms with Gasteiger partial charge >= 0.3 is 0 Å². The molecule has 1 aromatic rings. The van der Waals surface area contributed by atoms with Gasteiger partial charge in [0, 0.05) is 18.2 Å². The smallest absolute Gasteiger partial charge is 0.134 e. The van der Waals surface area contributed by atoms with Crippen LogP contribution in [0.15, 0.2) is 6.33 Å². The quantitative estimate of drug-likeness (QED) is 0.812. The summed E-state index contributed by atoms with van der Waals surface area (Å²) in [5, 5.41) is 6.94. The molecule has 18 heavy (non-hydrogen) atoms. The van der Waals surface area contributed by atoms with E-state index in [4.69, 9.17) is 0 Å². The Morgan fingerprint density at radius 1 is 1.22 bits per heavy atom. The lowest BCUT2D eigenvalue weighted by Crippen LogP contribution is -2.34. The second kappa shape index (κ2) is 6.03. The van der Waals surface area contributed by atoms with Crippen molar-refractivity contribution in [1.29, 1.82) is 0 Å². The number of nitrogens with one attached hydrogen (secondary N) is 2. The third kappa shape index (κ3) is 2.92. The van der Waals surface area contributed by atoms with Crippen LogP contribution in [0.25, 0.3) is 0 Å². The van der Waals surface area contributed by atoms with Crippen molar-refractivity contribution in [1.82, 2.24) is 9.97 Å². The molecule has 0 aromatic carbocycles. The van der Waals surface area contributed by atoms with E-state index in [0.717, 1.165) is 36.9 Å². The first-order chi connectivity index (χ1) is 8.74. The van der Waals surface area contributed by atoms with Crippen molar-refractivity contribution < 1.29 is 0 Å². The van der Waals surface area contributed by atoms with Crippen molar-refractivity contribution >= 4 is 11.6 Å². The van der Waals surface area contributed by atoms with Gasteiger partial charge in [-0.1, -0.05) is 20.8 Å². The van der Waals surface area contributed by atoms with Crippen molar-refractivity contribution in [3.8, 4) is 0 Å². The zero-order chi connectivity index (χ0) is 13.0. The molecule has 4 nitrogen and oxygen atoms in total. The van der Waals surface area contributed by atoms with E-state index in [2.05, 4.69) is 41.4 Å². The van der Waals surface area contributed by atoms with Gasteiger partial charge in [0.15, 0.2) is 0 Å². The summed E-state index contributed by atoms with van der Waals surface area (Å²) in [6.07, 6.45) is 6.23. The Hall–Kier alpha value is -1.32. The van der Waals surface area contributed by atoms with E-state index in [-0.39, 0.29) is 0 Å². The standard InChI is InChI=1S/C14H24N4/c1-4-6-15-13-12(5-2)14(17-9-16-13)18-11-7-10(3)8-11/h9-11H,4-8H2,1-3H3,(H2,15,16,17,18). The molecule has 2 N–H and O–H groups in total. The van der Waals surface area contributed by atoms with Gasteiger partial charge in [-0.15, -0.1) is 0 Å². The molecule has 1 heterocycles. The van der Waals surface area contributed by atoms with Gasteiger partial charge in [0.25, 0.3) is 0 Å². The predicted octanol–water partition coefficient (Wildman–Crippen LogP) is 3.07. The third-order valence-electron chi connectivity index (χ3n) is 3.56. The number of rotatable bonds is 6. The van der Waals surface area contributed by atoms with Crippen molar-refractivity contribution in [3.05, 3.63) is 11.9 Å². The largest absolute Gasteiger partial charge is 0.370 e. The molecule has 1 aliphatic rings. The normalized spacial score (nSPS) is 22.4. The van der Waals surface area contributed by atoms with Crippen LogP contribution >= 0.6 is 0 Å². The van der Waals surface area contributed by atoms with Gasteiger partial charge in [0.2, 0.25) is 0 Å². The summed E-state index contributed by atoms with van der Waals surface area (Å²) in [5.74, 6) is 2.86. The van der Waals surface area contributed by atoms with Crippen LogP contribution in [-0.4, -0.2) is 22.6 Å². The number of aromatic nitrogens is 2. The summed E-state index contributed by atoms with van der Waals surface area (Å²) in [4.78, 5) is 8.75. The van der Waals surface area contributed by atoms with Gasteiger partial charge in [0.1, 0.15) is 18.0 Å². The van der Waals surface area contributed by atoms with E-state index in [1.165, 1.54) is 18.4 Å². The molecule has 0 amide bonds. The van der Waals surface area contributed by atoms with Gasteiger partial charge in [-0.05, 0) is 31.6 Å². The van der Waals surface area contributed by atoms with Crippen LogP contribution in [0, 0.1) is 5.92 Å². The lowest BCUT2D eigenvalue weighted by atomic mass is 9.82. The fraction of sp³-hybridized carbons (Fsp3) is 0.714. The van der Waals surface area contributed by atoms with Gasteiger partial charge in [0.05, 0.1) is 0 Å². The Labute approximate surface area is 110 Å². The van der Waals surface area contributed by atoms with Crippen LogP contribution in [0.1, 0.15) is 45.6 Å². The topological polar surface area (TPSA) is 49.8 Å². The van der Waals surface area contributed by atoms with E-state index in [1.807, 2.05) is 0 Å². The lowest BCUT2D eigenvalue weighted by molar-refractivity contribution is 0.308. The van der Waals surface area contributed by atoms with Crippen molar-refractivity contribution in [2.45, 2.75) is 52.5 Å². The molecule has 0 unspecified atom stereocenters. The third-order valence-corrected chi connectivity index (χ3v) is 3.56. The van der Waals surface area contributed by atoms with Gasteiger partial charge < -0.3 is 10.6 Å².